The van der Waals surface area contributed by atoms with Crippen LogP contribution in [0.3, 0.4) is 0 Å². The van der Waals surface area contributed by atoms with Crippen molar-refractivity contribution in [2.24, 2.45) is 23.7 Å². The minimum Gasteiger partial charge on any atom is -0.306 e. The highest BCUT2D eigenvalue weighted by atomic mass is 32.1. The van der Waals surface area contributed by atoms with Crippen LogP contribution in [0.2, 0.25) is 0 Å². The first kappa shape index (κ1) is 85.3. The molecule has 4 atom stereocenters. The minimum atomic E-state index is -0.00890. The average Bonchev–Trinajstić information content (AvgIpc) is 1.56. The molecule has 4 aliphatic rings. The maximum Gasteiger partial charge on any atom is 0.261 e. The summed E-state index contributed by atoms with van der Waals surface area (Å²) in [5, 5.41) is 4.22. The lowest BCUT2D eigenvalue weighted by molar-refractivity contribution is -0.124. The van der Waals surface area contributed by atoms with E-state index in [0.717, 1.165) is 142 Å². The molecule has 4 unspecified atom stereocenters. The second-order valence-corrected chi connectivity index (χ2v) is 36.0. The van der Waals surface area contributed by atoms with Gasteiger partial charge in [0.05, 0.1) is 64.6 Å². The lowest BCUT2D eigenvalue weighted by atomic mass is 9.93. The van der Waals surface area contributed by atoms with Crippen LogP contribution in [0.4, 0.5) is 0 Å². The molecule has 0 bridgehead atoms. The zero-order valence-electron chi connectivity index (χ0n) is 66.9. The fraction of sp³-hybridized carbons (Fsp3) is 0.696. The van der Waals surface area contributed by atoms with Crippen LogP contribution in [0.15, 0.2) is 81.6 Å². The number of hydrogen-bond acceptors (Lipinski definition) is 8. The van der Waals surface area contributed by atoms with Crippen LogP contribution in [-0.4, -0.2) is 69.4 Å². The van der Waals surface area contributed by atoms with E-state index < -0.39 is 0 Å². The van der Waals surface area contributed by atoms with Gasteiger partial charge in [-0.1, -0.05) is 324 Å². The molecule has 578 valence electrons. The van der Waals surface area contributed by atoms with Gasteiger partial charge in [-0.2, -0.15) is 0 Å². The van der Waals surface area contributed by atoms with Crippen molar-refractivity contribution in [2.45, 2.75) is 364 Å². The molecule has 4 aliphatic heterocycles. The van der Waals surface area contributed by atoms with Gasteiger partial charge in [0.2, 0.25) is 0 Å². The van der Waals surface area contributed by atoms with Gasteiger partial charge in [-0.05, 0) is 122 Å². The number of thiophene rings is 4. The Labute approximate surface area is 650 Å². The molecular formula is C92H142N4O4S4. The molecular weight excluding hydrogens is 1350 g/mol. The van der Waals surface area contributed by atoms with Crippen LogP contribution in [0.25, 0.3) is 32.5 Å². The Morgan fingerprint density at radius 1 is 0.240 bits per heavy atom. The predicted octanol–water partition coefficient (Wildman–Crippen LogP) is 28.6. The van der Waals surface area contributed by atoms with E-state index in [0.29, 0.717) is 72.1 Å². The molecule has 0 N–H and O–H groups in total. The van der Waals surface area contributed by atoms with Gasteiger partial charge in [-0.25, -0.2) is 0 Å². The third-order valence-electron chi connectivity index (χ3n) is 23.3. The molecule has 8 nitrogen and oxygen atoms in total. The summed E-state index contributed by atoms with van der Waals surface area (Å²) in [5.74, 6) is 1.29. The summed E-state index contributed by atoms with van der Waals surface area (Å²) in [5.41, 5.74) is 5.69. The molecule has 0 aromatic carbocycles. The van der Waals surface area contributed by atoms with Crippen molar-refractivity contribution >= 4 is 91.8 Å². The minimum absolute atomic E-state index is 0.00890. The Morgan fingerprint density at radius 2 is 0.433 bits per heavy atom. The Morgan fingerprint density at radius 3 is 0.644 bits per heavy atom. The molecule has 12 heteroatoms. The Balaban J connectivity index is 1.23. The lowest BCUT2D eigenvalue weighted by Gasteiger charge is -2.29. The Hall–Kier alpha value is -4.36. The molecule has 4 aromatic heterocycles. The zero-order valence-corrected chi connectivity index (χ0v) is 70.2. The number of hydrogen-bond donors (Lipinski definition) is 0. The summed E-state index contributed by atoms with van der Waals surface area (Å²) >= 11 is 6.71. The maximum atomic E-state index is 16.2. The molecule has 4 amide bonds. The van der Waals surface area contributed by atoms with Crippen LogP contribution in [0.1, 0.15) is 383 Å². The normalized spacial score (nSPS) is 16.0. The van der Waals surface area contributed by atoms with Crippen molar-refractivity contribution < 1.29 is 19.2 Å². The number of amides is 4. The van der Waals surface area contributed by atoms with E-state index in [9.17, 15) is 0 Å². The van der Waals surface area contributed by atoms with Crippen LogP contribution in [0.5, 0.6) is 0 Å². The second kappa shape index (κ2) is 48.2. The number of rotatable bonds is 61. The van der Waals surface area contributed by atoms with E-state index in [-0.39, 0.29) is 23.6 Å². The standard InChI is InChI=1S/C92H142N4O4S4/c1-9-17-25-33-37-45-55-71(51-41-29-21-13-5)67-93-85(77-59-49-65-101-77)81-83(91(93)99)87(95(89(81)97)69-73(53-43-31-23-15-7)57-47-39-35-27-19-11-3)79-63-61-75(103-79)76-62-64-80(104-76)88-84-82(90(98)96(88)70-74(54-44-32-24-16-8)58-48-40-36-28-20-12-4)86(78-60-50-66-102-78)94(92(84)100)68-72(52-42-30-22-14-6)56-46-38-34-26-18-10-2/h49-50,59-66,71-74H,9-48,51-58,67-70H2,1-8H3. The van der Waals surface area contributed by atoms with E-state index in [1.54, 1.807) is 45.3 Å². The summed E-state index contributed by atoms with van der Waals surface area (Å²) in [4.78, 5) is 79.1. The van der Waals surface area contributed by atoms with Crippen LogP contribution < -0.4 is 0 Å². The van der Waals surface area contributed by atoms with Crippen LogP contribution >= 0.6 is 45.3 Å². The summed E-state index contributed by atoms with van der Waals surface area (Å²) < 4.78 is 0. The highest BCUT2D eigenvalue weighted by molar-refractivity contribution is 7.23. The van der Waals surface area contributed by atoms with Gasteiger partial charge in [0.25, 0.3) is 23.6 Å². The van der Waals surface area contributed by atoms with Gasteiger partial charge in [0.15, 0.2) is 0 Å². The summed E-state index contributed by atoms with van der Waals surface area (Å²) in [7, 11) is 0. The van der Waals surface area contributed by atoms with E-state index in [1.807, 2.05) is 0 Å². The van der Waals surface area contributed by atoms with Crippen molar-refractivity contribution in [1.82, 2.24) is 19.6 Å². The van der Waals surface area contributed by atoms with Gasteiger partial charge < -0.3 is 19.6 Å². The molecule has 0 radical (unpaired) electrons. The van der Waals surface area contributed by atoms with E-state index in [2.05, 4.69) is 134 Å². The van der Waals surface area contributed by atoms with Gasteiger partial charge in [-0.15, -0.1) is 45.3 Å². The van der Waals surface area contributed by atoms with Gasteiger partial charge >= 0.3 is 0 Å². The molecule has 0 spiro atoms. The molecule has 4 aromatic rings. The number of unbranched alkanes of at least 4 members (excludes halogenated alkanes) is 32. The third kappa shape index (κ3) is 24.8. The van der Waals surface area contributed by atoms with Crippen LogP contribution in [0, 0.1) is 23.7 Å². The summed E-state index contributed by atoms with van der Waals surface area (Å²) in [6.07, 6.45) is 57.6. The largest absolute Gasteiger partial charge is 0.306 e. The predicted molar refractivity (Wildman–Crippen MR) is 452 cm³/mol. The molecule has 0 fully saturated rings. The van der Waals surface area contributed by atoms with Gasteiger partial charge in [-0.3, -0.25) is 19.2 Å². The topological polar surface area (TPSA) is 81.2 Å². The molecule has 0 aliphatic carbocycles. The van der Waals surface area contributed by atoms with Crippen molar-refractivity contribution in [3.05, 3.63) is 101 Å². The third-order valence-corrected chi connectivity index (χ3v) is 27.4. The lowest BCUT2D eigenvalue weighted by Crippen LogP contribution is -2.34. The van der Waals surface area contributed by atoms with Crippen molar-refractivity contribution in [1.29, 1.82) is 0 Å². The molecule has 8 rings (SSSR count). The fourth-order valence-electron chi connectivity index (χ4n) is 17.2. The first-order chi connectivity index (χ1) is 51.1. The SMILES string of the molecule is CCCCCCCCC(CCCCCC)CN1C(=O)C2=C(c3ccc(-c4ccc(C5=C6C(=O)N(CC(CCCCCC)CCCCCCCC)C(c7cccs7)=C6C(=O)N5CC(CCCCCC)CCCCCCCC)s4)s3)N(CC(CCCCCC)CCCCCCCC)C(=O)C2=C1c1cccs1. The fourth-order valence-corrected chi connectivity index (χ4v) is 21.0. The van der Waals surface area contributed by atoms with Gasteiger partial charge in [0.1, 0.15) is 0 Å². The molecule has 0 saturated heterocycles. The zero-order chi connectivity index (χ0) is 73.7. The average molecular weight is 1500 g/mol. The number of carbonyl (C=O) groups excluding carboxylic acids is 4. The van der Waals surface area contributed by atoms with E-state index >= 15 is 19.2 Å². The highest BCUT2D eigenvalue weighted by Crippen LogP contribution is 2.53. The van der Waals surface area contributed by atoms with E-state index in [4.69, 9.17) is 0 Å². The van der Waals surface area contributed by atoms with Crippen molar-refractivity contribution in [2.75, 3.05) is 26.2 Å². The first-order valence-corrected chi connectivity index (χ1v) is 47.0. The smallest absolute Gasteiger partial charge is 0.261 e. The Bertz CT molecular complexity index is 3050. The maximum absolute atomic E-state index is 16.2. The number of fused-ring (bicyclic) bond motifs is 2. The highest BCUT2D eigenvalue weighted by Gasteiger charge is 2.52. The van der Waals surface area contributed by atoms with Crippen LogP contribution in [-0.2, 0) is 19.2 Å². The number of nitrogens with zero attached hydrogens (tertiary/aromatic N) is 4. The molecule has 0 saturated carbocycles. The number of carbonyl (C=O) groups is 4. The molecule has 104 heavy (non-hydrogen) atoms. The quantitative estimate of drug-likeness (QED) is 0.0413. The summed E-state index contributed by atoms with van der Waals surface area (Å²) in [6, 6.07) is 17.3. The van der Waals surface area contributed by atoms with Crippen molar-refractivity contribution in [3.8, 4) is 9.75 Å². The molecule has 8 heterocycles. The first-order valence-electron chi connectivity index (χ1n) is 43.6. The van der Waals surface area contributed by atoms with Gasteiger partial charge in [0, 0.05) is 35.9 Å². The Kier molecular flexibility index (Phi) is 39.5. The monoisotopic (exact) mass is 1490 g/mol. The second-order valence-electron chi connectivity index (χ2n) is 31.9. The summed E-state index contributed by atoms with van der Waals surface area (Å²) in [6.45, 7) is 20.8. The van der Waals surface area contributed by atoms with Crippen molar-refractivity contribution in [3.63, 3.8) is 0 Å². The van der Waals surface area contributed by atoms with E-state index in [1.165, 1.54) is 218 Å².